The largest absolute Gasteiger partial charge is 0.478 e. The lowest BCUT2D eigenvalue weighted by molar-refractivity contribution is -0.131. The Bertz CT molecular complexity index is 761. The molecule has 0 amide bonds. The van der Waals surface area contributed by atoms with Crippen LogP contribution in [0.4, 0.5) is 0 Å². The quantitative estimate of drug-likeness (QED) is 0.857. The zero-order valence-electron chi connectivity index (χ0n) is 12.4. The van der Waals surface area contributed by atoms with Crippen molar-refractivity contribution in [3.63, 3.8) is 0 Å². The Kier molecular flexibility index (Phi) is 2.93. The molecule has 0 atom stereocenters. The third kappa shape index (κ3) is 2.25. The molecule has 2 aromatic carbocycles. The molecule has 0 radical (unpaired) electrons. The highest BCUT2D eigenvalue weighted by atomic mass is 16.4. The van der Waals surface area contributed by atoms with E-state index in [1.807, 2.05) is 6.07 Å². The Hall–Kier alpha value is -2.35. The highest BCUT2D eigenvalue weighted by Crippen LogP contribution is 2.47. The third-order valence-electron chi connectivity index (χ3n) is 5.03. The predicted molar refractivity (Wildman–Crippen MR) is 86.8 cm³/mol. The second-order valence-corrected chi connectivity index (χ2v) is 6.68. The van der Waals surface area contributed by atoms with Crippen molar-refractivity contribution in [1.82, 2.24) is 0 Å². The first kappa shape index (κ1) is 13.3. The van der Waals surface area contributed by atoms with Gasteiger partial charge >= 0.3 is 5.97 Å². The van der Waals surface area contributed by atoms with Crippen LogP contribution in [0, 0.1) is 5.41 Å². The maximum absolute atomic E-state index is 10.6. The lowest BCUT2D eigenvalue weighted by atomic mass is 9.82. The summed E-state index contributed by atoms with van der Waals surface area (Å²) in [6.07, 6.45) is 7.46. The predicted octanol–water partition coefficient (Wildman–Crippen LogP) is 3.67. The van der Waals surface area contributed by atoms with Gasteiger partial charge in [0.15, 0.2) is 0 Å². The number of fused-ring (bicyclic) bond motifs is 2. The molecule has 0 unspecified atom stereocenters. The summed E-state index contributed by atoms with van der Waals surface area (Å²) in [5, 5.41) is 8.75. The van der Waals surface area contributed by atoms with Crippen molar-refractivity contribution in [2.75, 3.05) is 0 Å². The van der Waals surface area contributed by atoms with Gasteiger partial charge in [-0.25, -0.2) is 4.79 Å². The van der Waals surface area contributed by atoms with Crippen LogP contribution in [-0.2, 0) is 30.5 Å². The summed E-state index contributed by atoms with van der Waals surface area (Å²) in [6, 6.07) is 15.1. The minimum absolute atomic E-state index is 0.348. The van der Waals surface area contributed by atoms with Gasteiger partial charge in [-0.2, -0.15) is 0 Å². The molecule has 2 heteroatoms. The van der Waals surface area contributed by atoms with E-state index in [1.165, 1.54) is 28.3 Å². The molecule has 2 aliphatic rings. The van der Waals surface area contributed by atoms with Crippen LogP contribution in [0.25, 0.3) is 6.08 Å². The van der Waals surface area contributed by atoms with Crippen LogP contribution in [0.3, 0.4) is 0 Å². The zero-order chi connectivity index (χ0) is 15.2. The standard InChI is InChI=1S/C20H18O2/c21-19(22)8-6-14-5-7-17-12-20(13-18(17)9-14)10-15-3-1-2-4-16(15)11-20/h1-9H,10-13H2,(H,21,22). The molecule has 22 heavy (non-hydrogen) atoms. The van der Waals surface area contributed by atoms with Gasteiger partial charge < -0.3 is 5.11 Å². The molecule has 2 aliphatic carbocycles. The third-order valence-corrected chi connectivity index (χ3v) is 5.03. The lowest BCUT2D eigenvalue weighted by Crippen LogP contribution is -2.21. The molecule has 0 aliphatic heterocycles. The Balaban J connectivity index is 1.61. The number of benzene rings is 2. The van der Waals surface area contributed by atoms with Crippen LogP contribution in [0.1, 0.15) is 27.8 Å². The SMILES string of the molecule is O=C(O)C=Cc1ccc2c(c1)CC1(Cc3ccccc3C1)C2. The van der Waals surface area contributed by atoms with E-state index in [0.29, 0.717) is 5.41 Å². The van der Waals surface area contributed by atoms with Crippen molar-refractivity contribution in [3.8, 4) is 0 Å². The Morgan fingerprint density at radius 3 is 2.14 bits per heavy atom. The molecule has 0 saturated carbocycles. The first-order chi connectivity index (χ1) is 10.6. The number of rotatable bonds is 2. The van der Waals surface area contributed by atoms with Gasteiger partial charge in [-0.15, -0.1) is 0 Å². The smallest absolute Gasteiger partial charge is 0.328 e. The van der Waals surface area contributed by atoms with Crippen LogP contribution in [0.5, 0.6) is 0 Å². The summed E-state index contributed by atoms with van der Waals surface area (Å²) < 4.78 is 0. The van der Waals surface area contributed by atoms with Crippen molar-refractivity contribution in [1.29, 1.82) is 0 Å². The molecule has 0 aromatic heterocycles. The summed E-state index contributed by atoms with van der Waals surface area (Å²) >= 11 is 0. The van der Waals surface area contributed by atoms with Gasteiger partial charge in [-0.3, -0.25) is 0 Å². The van der Waals surface area contributed by atoms with Crippen LogP contribution in [-0.4, -0.2) is 11.1 Å². The summed E-state index contributed by atoms with van der Waals surface area (Å²) in [6.45, 7) is 0. The fourth-order valence-corrected chi connectivity index (χ4v) is 4.15. The monoisotopic (exact) mass is 290 g/mol. The average molecular weight is 290 g/mol. The summed E-state index contributed by atoms with van der Waals surface area (Å²) in [5.74, 6) is -0.900. The Morgan fingerprint density at radius 1 is 0.909 bits per heavy atom. The van der Waals surface area contributed by atoms with Crippen LogP contribution in [0.2, 0.25) is 0 Å². The second-order valence-electron chi connectivity index (χ2n) is 6.68. The van der Waals surface area contributed by atoms with Crippen molar-refractivity contribution < 1.29 is 9.90 Å². The Labute approximate surface area is 130 Å². The van der Waals surface area contributed by atoms with Gasteiger partial charge in [-0.05, 0) is 65.0 Å². The molecular weight excluding hydrogens is 272 g/mol. The van der Waals surface area contributed by atoms with Crippen molar-refractivity contribution >= 4 is 12.0 Å². The van der Waals surface area contributed by atoms with Gasteiger partial charge in [0, 0.05) is 6.08 Å². The molecule has 0 bridgehead atoms. The van der Waals surface area contributed by atoms with Gasteiger partial charge in [0.25, 0.3) is 0 Å². The summed E-state index contributed by atoms with van der Waals surface area (Å²) in [5.41, 5.74) is 7.15. The van der Waals surface area contributed by atoms with Gasteiger partial charge in [-0.1, -0.05) is 42.5 Å². The van der Waals surface area contributed by atoms with Crippen LogP contribution >= 0.6 is 0 Å². The van der Waals surface area contributed by atoms with Crippen molar-refractivity contribution in [3.05, 3.63) is 76.4 Å². The van der Waals surface area contributed by atoms with Crippen molar-refractivity contribution in [2.24, 2.45) is 5.41 Å². The van der Waals surface area contributed by atoms with E-state index in [9.17, 15) is 4.79 Å². The normalized spacial score (nSPS) is 17.8. The number of carboxylic acids is 1. The fraction of sp³-hybridized carbons (Fsp3) is 0.250. The van der Waals surface area contributed by atoms with E-state index in [2.05, 4.69) is 36.4 Å². The van der Waals surface area contributed by atoms with Gasteiger partial charge in [0.05, 0.1) is 0 Å². The van der Waals surface area contributed by atoms with E-state index >= 15 is 0 Å². The number of carbonyl (C=O) groups is 1. The van der Waals surface area contributed by atoms with E-state index in [1.54, 1.807) is 6.08 Å². The van der Waals surface area contributed by atoms with Crippen LogP contribution < -0.4 is 0 Å². The van der Waals surface area contributed by atoms with Crippen LogP contribution in [0.15, 0.2) is 48.5 Å². The lowest BCUT2D eigenvalue weighted by Gasteiger charge is -2.21. The average Bonchev–Trinajstić information content (AvgIpc) is 3.02. The molecule has 0 saturated heterocycles. The molecule has 4 rings (SSSR count). The maximum Gasteiger partial charge on any atom is 0.328 e. The topological polar surface area (TPSA) is 37.3 Å². The minimum atomic E-state index is -0.900. The summed E-state index contributed by atoms with van der Waals surface area (Å²) in [7, 11) is 0. The zero-order valence-corrected chi connectivity index (χ0v) is 12.4. The summed E-state index contributed by atoms with van der Waals surface area (Å²) in [4.78, 5) is 10.6. The molecule has 0 heterocycles. The number of carboxylic acid groups (broad SMARTS) is 1. The number of aliphatic carboxylic acids is 1. The molecule has 110 valence electrons. The first-order valence-electron chi connectivity index (χ1n) is 7.73. The fourth-order valence-electron chi connectivity index (χ4n) is 4.15. The number of hydrogen-bond acceptors (Lipinski definition) is 1. The molecule has 1 spiro atoms. The highest BCUT2D eigenvalue weighted by Gasteiger charge is 2.41. The minimum Gasteiger partial charge on any atom is -0.478 e. The van der Waals surface area contributed by atoms with E-state index in [0.717, 1.165) is 31.2 Å². The van der Waals surface area contributed by atoms with E-state index in [4.69, 9.17) is 5.11 Å². The molecule has 2 nitrogen and oxygen atoms in total. The molecular formula is C20H18O2. The van der Waals surface area contributed by atoms with Crippen molar-refractivity contribution in [2.45, 2.75) is 25.7 Å². The first-order valence-corrected chi connectivity index (χ1v) is 7.73. The van der Waals surface area contributed by atoms with Gasteiger partial charge in [0.2, 0.25) is 0 Å². The van der Waals surface area contributed by atoms with E-state index in [-0.39, 0.29) is 0 Å². The molecule has 0 fully saturated rings. The second kappa shape index (κ2) is 4.84. The van der Waals surface area contributed by atoms with Gasteiger partial charge in [0.1, 0.15) is 0 Å². The molecule has 2 aromatic rings. The maximum atomic E-state index is 10.6. The number of hydrogen-bond donors (Lipinski definition) is 1. The Morgan fingerprint density at radius 2 is 1.50 bits per heavy atom. The van der Waals surface area contributed by atoms with E-state index < -0.39 is 5.97 Å². The highest BCUT2D eigenvalue weighted by molar-refractivity contribution is 5.85. The molecule has 1 N–H and O–H groups in total.